The summed E-state index contributed by atoms with van der Waals surface area (Å²) >= 11 is 5.33. The SMILES string of the molecule is Cn1cc(-c2nnc(SCCCN3CC4CC4C(c4ccc(Br)cc4)C3)n2C)nn1. The number of rotatable bonds is 7. The van der Waals surface area contributed by atoms with E-state index in [1.54, 1.807) is 16.4 Å². The molecule has 1 saturated carbocycles. The summed E-state index contributed by atoms with van der Waals surface area (Å²) in [4.78, 5) is 2.67. The van der Waals surface area contributed by atoms with E-state index in [4.69, 9.17) is 0 Å². The van der Waals surface area contributed by atoms with Crippen LogP contribution in [0.3, 0.4) is 0 Å². The van der Waals surface area contributed by atoms with E-state index in [9.17, 15) is 0 Å². The lowest BCUT2D eigenvalue weighted by Gasteiger charge is -2.32. The van der Waals surface area contributed by atoms with Crippen LogP contribution in [0, 0.1) is 11.8 Å². The van der Waals surface area contributed by atoms with Gasteiger partial charge in [0.05, 0.1) is 6.20 Å². The molecule has 1 aliphatic carbocycles. The van der Waals surface area contributed by atoms with Crippen molar-refractivity contribution in [2.24, 2.45) is 25.9 Å². The Balaban J connectivity index is 1.13. The molecule has 5 rings (SSSR count). The molecule has 3 atom stereocenters. The van der Waals surface area contributed by atoms with Crippen LogP contribution < -0.4 is 0 Å². The summed E-state index contributed by atoms with van der Waals surface area (Å²) in [7, 11) is 3.85. The van der Waals surface area contributed by atoms with Crippen molar-refractivity contribution in [3.8, 4) is 11.5 Å². The first-order chi connectivity index (χ1) is 14.6. The normalized spacial score (nSPS) is 23.5. The molecule has 2 fully saturated rings. The minimum atomic E-state index is 0.692. The maximum atomic E-state index is 4.34. The molecule has 2 aromatic heterocycles. The van der Waals surface area contributed by atoms with Crippen molar-refractivity contribution in [2.75, 3.05) is 25.4 Å². The minimum Gasteiger partial charge on any atom is -0.304 e. The van der Waals surface area contributed by atoms with Crippen LogP contribution in [-0.4, -0.2) is 60.0 Å². The lowest BCUT2D eigenvalue weighted by atomic mass is 9.90. The average Bonchev–Trinajstić information content (AvgIpc) is 3.26. The Hall–Kier alpha value is -1.71. The van der Waals surface area contributed by atoms with Crippen LogP contribution in [-0.2, 0) is 14.1 Å². The van der Waals surface area contributed by atoms with Gasteiger partial charge in [-0.2, -0.15) is 0 Å². The molecular formula is C21H26BrN7S. The Labute approximate surface area is 189 Å². The molecule has 1 aliphatic heterocycles. The Morgan fingerprint density at radius 1 is 1.10 bits per heavy atom. The van der Waals surface area contributed by atoms with Gasteiger partial charge >= 0.3 is 0 Å². The van der Waals surface area contributed by atoms with Gasteiger partial charge in [0.25, 0.3) is 0 Å². The van der Waals surface area contributed by atoms with E-state index in [0.29, 0.717) is 5.92 Å². The van der Waals surface area contributed by atoms with Crippen LogP contribution in [0.15, 0.2) is 40.1 Å². The molecule has 0 N–H and O–H groups in total. The van der Waals surface area contributed by atoms with Gasteiger partial charge in [-0.15, -0.1) is 15.3 Å². The van der Waals surface area contributed by atoms with Crippen molar-refractivity contribution in [1.82, 2.24) is 34.7 Å². The summed E-state index contributed by atoms with van der Waals surface area (Å²) in [6.07, 6.45) is 4.42. The summed E-state index contributed by atoms with van der Waals surface area (Å²) in [5.74, 6) is 4.29. The predicted octanol–water partition coefficient (Wildman–Crippen LogP) is 3.59. The third-order valence-electron chi connectivity index (χ3n) is 6.26. The zero-order valence-corrected chi connectivity index (χ0v) is 19.7. The molecule has 3 heterocycles. The number of benzene rings is 1. The third kappa shape index (κ3) is 4.20. The van der Waals surface area contributed by atoms with Crippen LogP contribution in [0.2, 0.25) is 0 Å². The molecule has 0 amide bonds. The molecule has 1 aromatic carbocycles. The van der Waals surface area contributed by atoms with E-state index >= 15 is 0 Å². The molecular weight excluding hydrogens is 462 g/mol. The molecule has 0 radical (unpaired) electrons. The summed E-state index contributed by atoms with van der Waals surface area (Å²) in [6, 6.07) is 8.95. The Morgan fingerprint density at radius 3 is 2.70 bits per heavy atom. The fraction of sp³-hybridized carbons (Fsp3) is 0.524. The quantitative estimate of drug-likeness (QED) is 0.374. The topological polar surface area (TPSA) is 64.7 Å². The van der Waals surface area contributed by atoms with E-state index in [1.165, 1.54) is 25.1 Å². The number of fused-ring (bicyclic) bond motifs is 1. The number of hydrogen-bond donors (Lipinski definition) is 0. The van der Waals surface area contributed by atoms with Crippen LogP contribution >= 0.6 is 27.7 Å². The van der Waals surface area contributed by atoms with Crippen LogP contribution in [0.5, 0.6) is 0 Å². The predicted molar refractivity (Wildman–Crippen MR) is 121 cm³/mol. The third-order valence-corrected chi connectivity index (χ3v) is 7.89. The van der Waals surface area contributed by atoms with Gasteiger partial charge in [-0.25, -0.2) is 0 Å². The monoisotopic (exact) mass is 487 g/mol. The molecule has 3 unspecified atom stereocenters. The largest absolute Gasteiger partial charge is 0.304 e. The molecule has 3 aromatic rings. The van der Waals surface area contributed by atoms with E-state index in [-0.39, 0.29) is 0 Å². The number of aryl methyl sites for hydroxylation is 1. The van der Waals surface area contributed by atoms with Crippen molar-refractivity contribution in [1.29, 1.82) is 0 Å². The minimum absolute atomic E-state index is 0.692. The van der Waals surface area contributed by atoms with Crippen molar-refractivity contribution < 1.29 is 0 Å². The summed E-state index contributed by atoms with van der Waals surface area (Å²) < 4.78 is 4.85. The van der Waals surface area contributed by atoms with Gasteiger partial charge in [-0.3, -0.25) is 4.68 Å². The number of piperidine rings is 1. The zero-order chi connectivity index (χ0) is 20.7. The van der Waals surface area contributed by atoms with Crippen LogP contribution in [0.25, 0.3) is 11.5 Å². The molecule has 9 heteroatoms. The van der Waals surface area contributed by atoms with Crippen molar-refractivity contribution in [3.63, 3.8) is 0 Å². The first-order valence-corrected chi connectivity index (χ1v) is 12.2. The number of aromatic nitrogens is 6. The summed E-state index contributed by atoms with van der Waals surface area (Å²) in [5.41, 5.74) is 2.26. The molecule has 1 saturated heterocycles. The van der Waals surface area contributed by atoms with Gasteiger partial charge in [0, 0.05) is 37.4 Å². The van der Waals surface area contributed by atoms with E-state index < -0.39 is 0 Å². The van der Waals surface area contributed by atoms with Gasteiger partial charge in [0.15, 0.2) is 16.7 Å². The number of hydrogen-bond acceptors (Lipinski definition) is 6. The standard InChI is InChI=1S/C21H26BrN7S/c1-27-13-19(23-26-27)20-24-25-21(28(20)2)30-9-3-8-29-11-15-10-17(15)18(12-29)14-4-6-16(22)7-5-14/h4-7,13,15,17-18H,3,8-12H2,1-2H3. The number of nitrogens with zero attached hydrogens (tertiary/aromatic N) is 7. The second kappa shape index (κ2) is 8.43. The second-order valence-electron chi connectivity index (χ2n) is 8.42. The maximum Gasteiger partial charge on any atom is 0.191 e. The van der Waals surface area contributed by atoms with Gasteiger partial charge < -0.3 is 9.47 Å². The highest BCUT2D eigenvalue weighted by atomic mass is 79.9. The zero-order valence-electron chi connectivity index (χ0n) is 17.3. The van der Waals surface area contributed by atoms with Gasteiger partial charge in [0.2, 0.25) is 0 Å². The number of halogens is 1. The Bertz CT molecular complexity index is 1010. The van der Waals surface area contributed by atoms with Crippen molar-refractivity contribution in [2.45, 2.75) is 23.9 Å². The Morgan fingerprint density at radius 2 is 1.93 bits per heavy atom. The number of likely N-dealkylation sites (tertiary alicyclic amines) is 1. The smallest absolute Gasteiger partial charge is 0.191 e. The second-order valence-corrected chi connectivity index (χ2v) is 10.4. The lowest BCUT2D eigenvalue weighted by Crippen LogP contribution is -2.37. The molecule has 30 heavy (non-hydrogen) atoms. The molecule has 0 bridgehead atoms. The first-order valence-electron chi connectivity index (χ1n) is 10.4. The van der Waals surface area contributed by atoms with E-state index in [2.05, 4.69) is 65.6 Å². The highest BCUT2D eigenvalue weighted by molar-refractivity contribution is 9.10. The number of thioether (sulfide) groups is 1. The molecule has 158 valence electrons. The first kappa shape index (κ1) is 20.2. The van der Waals surface area contributed by atoms with Crippen LogP contribution in [0.1, 0.15) is 24.3 Å². The maximum absolute atomic E-state index is 4.34. The van der Waals surface area contributed by atoms with E-state index in [0.717, 1.165) is 51.7 Å². The fourth-order valence-electron chi connectivity index (χ4n) is 4.60. The Kier molecular flexibility index (Phi) is 5.68. The van der Waals surface area contributed by atoms with Crippen molar-refractivity contribution in [3.05, 3.63) is 40.5 Å². The average molecular weight is 488 g/mol. The fourth-order valence-corrected chi connectivity index (χ4v) is 5.70. The van der Waals surface area contributed by atoms with E-state index in [1.807, 2.05) is 24.9 Å². The van der Waals surface area contributed by atoms with Gasteiger partial charge in [-0.05, 0) is 54.8 Å². The highest BCUT2D eigenvalue weighted by Gasteiger charge is 2.47. The molecule has 7 nitrogen and oxygen atoms in total. The van der Waals surface area contributed by atoms with Gasteiger partial charge in [0.1, 0.15) is 0 Å². The molecule has 2 aliphatic rings. The highest BCUT2D eigenvalue weighted by Crippen LogP contribution is 2.52. The summed E-state index contributed by atoms with van der Waals surface area (Å²) in [6.45, 7) is 3.61. The lowest BCUT2D eigenvalue weighted by molar-refractivity contribution is 0.199. The summed E-state index contributed by atoms with van der Waals surface area (Å²) in [5, 5.41) is 17.7. The molecule has 0 spiro atoms. The van der Waals surface area contributed by atoms with Crippen LogP contribution in [0.4, 0.5) is 0 Å². The van der Waals surface area contributed by atoms with Crippen molar-refractivity contribution >= 4 is 27.7 Å². The van der Waals surface area contributed by atoms with Gasteiger partial charge in [-0.1, -0.05) is 45.0 Å².